The first-order valence-corrected chi connectivity index (χ1v) is 7.06. The fraction of sp³-hybridized carbons (Fsp3) is 0.167. The van der Waals surface area contributed by atoms with Crippen molar-refractivity contribution in [2.24, 2.45) is 7.05 Å². The Morgan fingerprint density at radius 3 is 2.59 bits per heavy atom. The molecule has 0 unspecified atom stereocenters. The summed E-state index contributed by atoms with van der Waals surface area (Å²) in [5.74, 6) is -0.118. The summed E-state index contributed by atoms with van der Waals surface area (Å²) in [7, 11) is 1.86. The lowest BCUT2D eigenvalue weighted by atomic mass is 10.1. The number of fused-ring (bicyclic) bond motifs is 1. The summed E-state index contributed by atoms with van der Waals surface area (Å²) < 4.78 is 7.67. The van der Waals surface area contributed by atoms with Crippen LogP contribution in [0.1, 0.15) is 21.6 Å². The van der Waals surface area contributed by atoms with Crippen LogP contribution in [-0.4, -0.2) is 15.6 Å². The van der Waals surface area contributed by atoms with Crippen molar-refractivity contribution in [2.45, 2.75) is 13.5 Å². The van der Waals surface area contributed by atoms with Crippen LogP contribution >= 0.6 is 0 Å². The first kappa shape index (κ1) is 14.2. The smallest absolute Gasteiger partial charge is 0.337 e. The number of hydrogen-bond acceptors (Lipinski definition) is 2. The molecule has 0 saturated carbocycles. The molecule has 4 heteroatoms. The van der Waals surface area contributed by atoms with Crippen LogP contribution in [0.3, 0.4) is 0 Å². The highest BCUT2D eigenvalue weighted by atomic mass is 16.5. The van der Waals surface area contributed by atoms with Gasteiger partial charge >= 0.3 is 5.97 Å². The Labute approximate surface area is 128 Å². The van der Waals surface area contributed by atoms with E-state index in [1.54, 1.807) is 12.1 Å². The van der Waals surface area contributed by atoms with Crippen molar-refractivity contribution in [1.29, 1.82) is 0 Å². The Morgan fingerprint density at radius 1 is 1.18 bits per heavy atom. The number of carboxylic acid groups (broad SMARTS) is 1. The van der Waals surface area contributed by atoms with Crippen LogP contribution in [0.5, 0.6) is 5.75 Å². The molecule has 1 aromatic heterocycles. The number of benzene rings is 2. The van der Waals surface area contributed by atoms with Gasteiger partial charge in [0, 0.05) is 12.4 Å². The van der Waals surface area contributed by atoms with Gasteiger partial charge in [-0.1, -0.05) is 29.8 Å². The highest BCUT2D eigenvalue weighted by Gasteiger charge is 2.14. The molecule has 0 aliphatic rings. The molecule has 0 radical (unpaired) electrons. The Kier molecular flexibility index (Phi) is 3.59. The van der Waals surface area contributed by atoms with Crippen molar-refractivity contribution < 1.29 is 14.6 Å². The second kappa shape index (κ2) is 5.56. The van der Waals surface area contributed by atoms with E-state index in [9.17, 15) is 9.90 Å². The number of ether oxygens (including phenoxy) is 1. The van der Waals surface area contributed by atoms with Crippen LogP contribution in [-0.2, 0) is 13.7 Å². The summed E-state index contributed by atoms with van der Waals surface area (Å²) in [6, 6.07) is 15.1. The second-order valence-corrected chi connectivity index (χ2v) is 5.34. The molecule has 0 aliphatic carbocycles. The maximum absolute atomic E-state index is 11.3. The average Bonchev–Trinajstić information content (AvgIpc) is 2.83. The molecule has 22 heavy (non-hydrogen) atoms. The number of aromatic carboxylic acids is 1. The summed E-state index contributed by atoms with van der Waals surface area (Å²) in [5.41, 5.74) is 3.14. The van der Waals surface area contributed by atoms with Crippen LogP contribution < -0.4 is 4.74 Å². The summed E-state index contributed by atoms with van der Waals surface area (Å²) >= 11 is 0. The molecular formula is C18H17NO3. The summed E-state index contributed by atoms with van der Waals surface area (Å²) in [4.78, 5) is 11.3. The monoisotopic (exact) mass is 295 g/mol. The maximum atomic E-state index is 11.3. The number of aryl methyl sites for hydroxylation is 2. The standard InChI is InChI=1S/C18H17NO3/c1-12-6-8-15(9-7-12)22-11-14-10-13-4-3-5-16(18(20)21)17(13)19(14)2/h3-10H,11H2,1-2H3,(H,20,21). The largest absolute Gasteiger partial charge is 0.487 e. The topological polar surface area (TPSA) is 51.5 Å². The lowest BCUT2D eigenvalue weighted by Crippen LogP contribution is -2.05. The van der Waals surface area contributed by atoms with E-state index in [-0.39, 0.29) is 0 Å². The van der Waals surface area contributed by atoms with Gasteiger partial charge in [-0.05, 0) is 31.2 Å². The Hall–Kier alpha value is -2.75. The number of carboxylic acids is 1. The zero-order chi connectivity index (χ0) is 15.7. The minimum Gasteiger partial charge on any atom is -0.487 e. The molecule has 3 rings (SSSR count). The molecule has 3 aromatic rings. The van der Waals surface area contributed by atoms with Crippen molar-refractivity contribution >= 4 is 16.9 Å². The Balaban J connectivity index is 1.91. The van der Waals surface area contributed by atoms with Gasteiger partial charge in [0.25, 0.3) is 0 Å². The molecule has 0 spiro atoms. The first-order valence-electron chi connectivity index (χ1n) is 7.06. The molecule has 112 valence electrons. The van der Waals surface area contributed by atoms with Crippen LogP contribution in [0, 0.1) is 6.92 Å². The number of carbonyl (C=O) groups is 1. The third kappa shape index (κ3) is 2.55. The van der Waals surface area contributed by atoms with Crippen LogP contribution in [0.25, 0.3) is 10.9 Å². The average molecular weight is 295 g/mol. The lowest BCUT2D eigenvalue weighted by Gasteiger charge is -2.08. The predicted molar refractivity (Wildman–Crippen MR) is 85.4 cm³/mol. The molecule has 4 nitrogen and oxygen atoms in total. The zero-order valence-corrected chi connectivity index (χ0v) is 12.5. The summed E-state index contributed by atoms with van der Waals surface area (Å²) in [6.45, 7) is 2.43. The second-order valence-electron chi connectivity index (χ2n) is 5.34. The van der Waals surface area contributed by atoms with E-state index in [1.807, 2.05) is 54.9 Å². The van der Waals surface area contributed by atoms with Gasteiger partial charge in [-0.25, -0.2) is 4.79 Å². The quantitative estimate of drug-likeness (QED) is 0.797. The van der Waals surface area contributed by atoms with Gasteiger partial charge < -0.3 is 14.4 Å². The molecule has 1 heterocycles. The highest BCUT2D eigenvalue weighted by molar-refractivity contribution is 6.02. The van der Waals surface area contributed by atoms with E-state index in [0.717, 1.165) is 22.3 Å². The number of hydrogen-bond donors (Lipinski definition) is 1. The van der Waals surface area contributed by atoms with Crippen molar-refractivity contribution in [3.8, 4) is 5.75 Å². The van der Waals surface area contributed by atoms with Gasteiger partial charge in [0.1, 0.15) is 12.4 Å². The first-order chi connectivity index (χ1) is 10.6. The van der Waals surface area contributed by atoms with Crippen LogP contribution in [0.15, 0.2) is 48.5 Å². The molecule has 2 aromatic carbocycles. The van der Waals surface area contributed by atoms with Gasteiger partial charge in [-0.2, -0.15) is 0 Å². The van der Waals surface area contributed by atoms with Crippen molar-refractivity contribution in [3.63, 3.8) is 0 Å². The van der Waals surface area contributed by atoms with E-state index in [1.165, 1.54) is 5.56 Å². The van der Waals surface area contributed by atoms with E-state index < -0.39 is 5.97 Å². The molecule has 1 N–H and O–H groups in total. The van der Waals surface area contributed by atoms with Gasteiger partial charge in [-0.15, -0.1) is 0 Å². The van der Waals surface area contributed by atoms with Gasteiger partial charge in [0.2, 0.25) is 0 Å². The van der Waals surface area contributed by atoms with E-state index in [4.69, 9.17) is 4.74 Å². The van der Waals surface area contributed by atoms with E-state index >= 15 is 0 Å². The molecular weight excluding hydrogens is 278 g/mol. The van der Waals surface area contributed by atoms with Crippen molar-refractivity contribution in [2.75, 3.05) is 0 Å². The van der Waals surface area contributed by atoms with Gasteiger partial charge in [0.05, 0.1) is 16.8 Å². The molecule has 0 aliphatic heterocycles. The summed E-state index contributed by atoms with van der Waals surface area (Å²) in [5, 5.41) is 10.2. The predicted octanol–water partition coefficient (Wildman–Crippen LogP) is 3.76. The van der Waals surface area contributed by atoms with Gasteiger partial charge in [-0.3, -0.25) is 0 Å². The number of aromatic nitrogens is 1. The third-order valence-electron chi connectivity index (χ3n) is 3.79. The van der Waals surface area contributed by atoms with E-state index in [0.29, 0.717) is 12.2 Å². The SMILES string of the molecule is Cc1ccc(OCc2cc3cccc(C(=O)O)c3n2C)cc1. The number of nitrogens with zero attached hydrogens (tertiary/aromatic N) is 1. The molecule has 0 atom stereocenters. The van der Waals surface area contributed by atoms with Crippen molar-refractivity contribution in [1.82, 2.24) is 4.57 Å². The summed E-state index contributed by atoms with van der Waals surface area (Å²) in [6.07, 6.45) is 0. The maximum Gasteiger partial charge on any atom is 0.337 e. The highest BCUT2D eigenvalue weighted by Crippen LogP contribution is 2.24. The Morgan fingerprint density at radius 2 is 1.91 bits per heavy atom. The molecule has 0 bridgehead atoms. The molecule has 0 saturated heterocycles. The van der Waals surface area contributed by atoms with Crippen LogP contribution in [0.2, 0.25) is 0 Å². The molecule has 0 amide bonds. The molecule has 0 fully saturated rings. The van der Waals surface area contributed by atoms with Crippen molar-refractivity contribution in [3.05, 3.63) is 65.4 Å². The normalized spacial score (nSPS) is 10.8. The minimum atomic E-state index is -0.919. The van der Waals surface area contributed by atoms with E-state index in [2.05, 4.69) is 0 Å². The zero-order valence-electron chi connectivity index (χ0n) is 12.5. The van der Waals surface area contributed by atoms with Crippen LogP contribution in [0.4, 0.5) is 0 Å². The number of para-hydroxylation sites is 1. The number of rotatable bonds is 4. The minimum absolute atomic E-state index is 0.307. The third-order valence-corrected chi connectivity index (χ3v) is 3.79. The fourth-order valence-corrected chi connectivity index (χ4v) is 2.57. The van der Waals surface area contributed by atoms with Gasteiger partial charge in [0.15, 0.2) is 0 Å². The lowest BCUT2D eigenvalue weighted by molar-refractivity contribution is 0.0698. The fourth-order valence-electron chi connectivity index (χ4n) is 2.57. The Bertz CT molecular complexity index is 831.